The zero-order valence-electron chi connectivity index (χ0n) is 7.65. The van der Waals surface area contributed by atoms with Gasteiger partial charge in [0, 0.05) is 5.92 Å². The van der Waals surface area contributed by atoms with E-state index in [1.807, 2.05) is 0 Å². The minimum Gasteiger partial charge on any atom is -0.394 e. The lowest BCUT2D eigenvalue weighted by molar-refractivity contribution is -0.314. The van der Waals surface area contributed by atoms with E-state index in [-0.39, 0.29) is 18.4 Å². The smallest absolute Gasteiger partial charge is 0.108 e. The summed E-state index contributed by atoms with van der Waals surface area (Å²) in [4.78, 5) is 0. The fourth-order valence-corrected chi connectivity index (χ4v) is 1.64. The van der Waals surface area contributed by atoms with Gasteiger partial charge in [0.25, 0.3) is 0 Å². The molecule has 4 N–H and O–H groups in total. The van der Waals surface area contributed by atoms with Crippen LogP contribution in [0.25, 0.3) is 0 Å². The monoisotopic (exact) mass is 205 g/mol. The highest BCUT2D eigenvalue weighted by Gasteiger charge is 2.42. The van der Waals surface area contributed by atoms with Crippen molar-refractivity contribution in [1.82, 2.24) is 5.23 Å². The van der Waals surface area contributed by atoms with Gasteiger partial charge in [-0.1, -0.05) is 11.3 Å². The molecule has 0 bridgehead atoms. The summed E-state index contributed by atoms with van der Waals surface area (Å²) in [6.07, 6.45) is -0.635. The molecule has 14 heavy (non-hydrogen) atoms. The summed E-state index contributed by atoms with van der Waals surface area (Å²) < 4.78 is 5.22. The van der Waals surface area contributed by atoms with Gasteiger partial charge in [0.05, 0.1) is 25.4 Å². The molecule has 1 saturated heterocycles. The van der Waals surface area contributed by atoms with Crippen molar-refractivity contribution in [2.45, 2.75) is 18.3 Å². The van der Waals surface area contributed by atoms with Crippen LogP contribution in [0.2, 0.25) is 0 Å². The average Bonchev–Trinajstić information content (AvgIpc) is 2.43. The van der Waals surface area contributed by atoms with Crippen LogP contribution in [0.4, 0.5) is 0 Å². The first-order valence-electron chi connectivity index (χ1n) is 4.32. The van der Waals surface area contributed by atoms with Crippen LogP contribution in [0, 0.1) is 5.92 Å². The maximum Gasteiger partial charge on any atom is 0.108 e. The van der Waals surface area contributed by atoms with E-state index >= 15 is 0 Å². The van der Waals surface area contributed by atoms with E-state index in [2.05, 4.69) is 6.58 Å². The molecule has 6 heteroatoms. The van der Waals surface area contributed by atoms with Crippen LogP contribution in [0.3, 0.4) is 0 Å². The summed E-state index contributed by atoms with van der Waals surface area (Å²) in [5.41, 5.74) is 0. The van der Waals surface area contributed by atoms with E-state index in [1.54, 1.807) is 0 Å². The molecule has 1 heterocycles. The second kappa shape index (κ2) is 4.83. The molecule has 0 aromatic heterocycles. The van der Waals surface area contributed by atoms with Crippen molar-refractivity contribution in [2.75, 3.05) is 13.2 Å². The molecule has 2 unspecified atom stereocenters. The Kier molecular flexibility index (Phi) is 3.99. The summed E-state index contributed by atoms with van der Waals surface area (Å²) >= 11 is 0. The molecule has 0 aromatic rings. The van der Waals surface area contributed by atoms with Crippen molar-refractivity contribution in [2.24, 2.45) is 5.92 Å². The molecule has 1 fully saturated rings. The lowest BCUT2D eigenvalue weighted by Gasteiger charge is -2.19. The van der Waals surface area contributed by atoms with Gasteiger partial charge in [-0.25, -0.2) is 0 Å². The third-order valence-electron chi connectivity index (χ3n) is 2.36. The maximum absolute atomic E-state index is 9.62. The Morgan fingerprint density at radius 2 is 2.07 bits per heavy atom. The molecule has 6 nitrogen and oxygen atoms in total. The summed E-state index contributed by atoms with van der Waals surface area (Å²) in [6, 6.07) is 0. The topological polar surface area (TPSA) is 93.4 Å². The maximum atomic E-state index is 9.62. The van der Waals surface area contributed by atoms with Crippen molar-refractivity contribution in [1.29, 1.82) is 0 Å². The van der Waals surface area contributed by atoms with Crippen LogP contribution in [0.5, 0.6) is 0 Å². The summed E-state index contributed by atoms with van der Waals surface area (Å²) in [6.45, 7) is 3.04. The van der Waals surface area contributed by atoms with Crippen molar-refractivity contribution in [3.63, 3.8) is 0 Å². The number of nitrogens with zero attached hydrogens (tertiary/aromatic N) is 1. The molecule has 0 aromatic carbocycles. The minimum absolute atomic E-state index is 0.00645. The fraction of sp³-hybridized carbons (Fsp3) is 0.750. The Morgan fingerprint density at radius 3 is 2.50 bits per heavy atom. The summed E-state index contributed by atoms with van der Waals surface area (Å²) in [7, 11) is 0. The number of aliphatic hydroxyl groups excluding tert-OH is 2. The first-order chi connectivity index (χ1) is 6.60. The first-order valence-corrected chi connectivity index (χ1v) is 4.32. The molecule has 1 rings (SSSR count). The molecule has 0 radical (unpaired) electrons. The van der Waals surface area contributed by atoms with E-state index < -0.39 is 24.2 Å². The van der Waals surface area contributed by atoms with Gasteiger partial charge in [0.2, 0.25) is 0 Å². The quantitative estimate of drug-likeness (QED) is 0.347. The summed E-state index contributed by atoms with van der Waals surface area (Å²) in [5.74, 6) is -0.500. The third kappa shape index (κ3) is 2.30. The number of hydrogen-bond donors (Lipinski definition) is 4. The van der Waals surface area contributed by atoms with Gasteiger partial charge in [0.15, 0.2) is 0 Å². The average molecular weight is 205 g/mol. The predicted octanol–water partition coefficient (Wildman–Crippen LogP) is -1.01. The summed E-state index contributed by atoms with van der Waals surface area (Å²) in [5, 5.41) is 35.7. The molecular weight excluding hydrogens is 190 g/mol. The van der Waals surface area contributed by atoms with E-state index in [0.29, 0.717) is 0 Å². The molecular formula is C8H15NO5. The van der Waals surface area contributed by atoms with Crippen LogP contribution < -0.4 is 0 Å². The third-order valence-corrected chi connectivity index (χ3v) is 2.36. The molecule has 0 spiro atoms. The highest BCUT2D eigenvalue weighted by Crippen LogP contribution is 2.27. The fourth-order valence-electron chi connectivity index (χ4n) is 1.64. The minimum atomic E-state index is -0.926. The van der Waals surface area contributed by atoms with Gasteiger partial charge in [0.1, 0.15) is 6.10 Å². The molecule has 0 amide bonds. The molecule has 0 saturated carbocycles. The van der Waals surface area contributed by atoms with E-state index in [0.717, 1.165) is 0 Å². The van der Waals surface area contributed by atoms with E-state index in [4.69, 9.17) is 20.3 Å². The van der Waals surface area contributed by atoms with Crippen LogP contribution in [0.15, 0.2) is 12.7 Å². The number of hydrogen-bond acceptors (Lipinski definition) is 6. The lowest BCUT2D eigenvalue weighted by atomic mass is 9.96. The van der Waals surface area contributed by atoms with Crippen molar-refractivity contribution < 1.29 is 25.4 Å². The van der Waals surface area contributed by atoms with Gasteiger partial charge >= 0.3 is 0 Å². The van der Waals surface area contributed by atoms with Crippen molar-refractivity contribution in [3.8, 4) is 0 Å². The van der Waals surface area contributed by atoms with E-state index in [9.17, 15) is 5.11 Å². The second-order valence-corrected chi connectivity index (χ2v) is 3.27. The molecule has 1 aliphatic heterocycles. The Bertz CT molecular complexity index is 198. The van der Waals surface area contributed by atoms with Crippen LogP contribution in [-0.4, -0.2) is 57.3 Å². The van der Waals surface area contributed by atoms with Gasteiger partial charge < -0.3 is 14.9 Å². The zero-order chi connectivity index (χ0) is 10.7. The predicted molar refractivity (Wildman–Crippen MR) is 45.7 cm³/mol. The molecule has 0 aliphatic carbocycles. The Balaban J connectivity index is 2.64. The Labute approximate surface area is 81.6 Å². The highest BCUT2D eigenvalue weighted by molar-refractivity contribution is 4.98. The molecule has 1 aliphatic rings. The standard InChI is InChI=1S/C8H15NO5/c1-2-6-5(3-9(12)13)8(11)7(4-10)14-6/h2,5-8,10-13H,1,3-4H2/t5?,6-,7+,8?/m0/s1. The lowest BCUT2D eigenvalue weighted by Crippen LogP contribution is -2.36. The largest absolute Gasteiger partial charge is 0.394 e. The Hall–Kier alpha value is -0.500. The van der Waals surface area contributed by atoms with Crippen LogP contribution >= 0.6 is 0 Å². The SMILES string of the molecule is C=C[C@@H]1O[C@H](CO)C(O)C1CN(O)O. The highest BCUT2D eigenvalue weighted by atomic mass is 16.8. The van der Waals surface area contributed by atoms with Crippen molar-refractivity contribution >= 4 is 0 Å². The Morgan fingerprint density at radius 1 is 1.43 bits per heavy atom. The second-order valence-electron chi connectivity index (χ2n) is 3.27. The van der Waals surface area contributed by atoms with Crippen LogP contribution in [-0.2, 0) is 4.74 Å². The first kappa shape index (κ1) is 11.6. The van der Waals surface area contributed by atoms with Crippen LogP contribution in [0.1, 0.15) is 0 Å². The van der Waals surface area contributed by atoms with E-state index in [1.165, 1.54) is 6.08 Å². The molecule has 82 valence electrons. The van der Waals surface area contributed by atoms with Gasteiger partial charge in [-0.05, 0) is 0 Å². The van der Waals surface area contributed by atoms with Gasteiger partial charge in [-0.15, -0.1) is 6.58 Å². The number of hydroxylamine groups is 2. The number of aliphatic hydroxyl groups is 2. The normalized spacial score (nSPS) is 37.8. The van der Waals surface area contributed by atoms with Crippen molar-refractivity contribution in [3.05, 3.63) is 12.7 Å². The zero-order valence-corrected chi connectivity index (χ0v) is 7.65. The van der Waals surface area contributed by atoms with Gasteiger partial charge in [-0.2, -0.15) is 0 Å². The molecule has 4 atom stereocenters. The number of rotatable bonds is 4. The number of ether oxygens (including phenoxy) is 1. The van der Waals surface area contributed by atoms with Gasteiger partial charge in [-0.3, -0.25) is 10.4 Å².